The Morgan fingerprint density at radius 3 is 2.62 bits per heavy atom. The van der Waals surface area contributed by atoms with Crippen LogP contribution in [0, 0.1) is 11.3 Å². The van der Waals surface area contributed by atoms with Gasteiger partial charge in [0.2, 0.25) is 5.78 Å². The number of hydrogen-bond donors (Lipinski definition) is 0. The molecule has 16 heavy (non-hydrogen) atoms. The largest absolute Gasteiger partial charge is 0.452 e. The van der Waals surface area contributed by atoms with Crippen LogP contribution in [0.3, 0.4) is 0 Å². The minimum absolute atomic E-state index is 0.0486. The van der Waals surface area contributed by atoms with Crippen LogP contribution >= 0.6 is 11.6 Å². The molecule has 0 aliphatic carbocycles. The van der Waals surface area contributed by atoms with Crippen molar-refractivity contribution in [1.29, 1.82) is 5.26 Å². The lowest BCUT2D eigenvalue weighted by Gasteiger charge is -2.02. The van der Waals surface area contributed by atoms with E-state index >= 15 is 0 Å². The SMILES string of the molecule is N#C/C=C1/OC(c2ccc(Cl)cc2)=CC1=O. The number of ether oxygens (including phenoxy) is 1. The second-order valence-corrected chi connectivity index (χ2v) is 3.56. The van der Waals surface area contributed by atoms with Crippen molar-refractivity contribution in [2.24, 2.45) is 0 Å². The summed E-state index contributed by atoms with van der Waals surface area (Å²) in [7, 11) is 0. The molecule has 2 rings (SSSR count). The minimum Gasteiger partial charge on any atom is -0.452 e. The number of carbonyl (C=O) groups excluding carboxylic acids is 1. The first-order chi connectivity index (χ1) is 7.70. The highest BCUT2D eigenvalue weighted by molar-refractivity contribution is 6.30. The number of carbonyl (C=O) groups is 1. The third kappa shape index (κ3) is 1.97. The van der Waals surface area contributed by atoms with Gasteiger partial charge in [-0.2, -0.15) is 5.26 Å². The van der Waals surface area contributed by atoms with Gasteiger partial charge in [0.1, 0.15) is 5.76 Å². The number of nitrogens with zero attached hydrogens (tertiary/aromatic N) is 1. The lowest BCUT2D eigenvalue weighted by atomic mass is 10.2. The maximum absolute atomic E-state index is 11.4. The van der Waals surface area contributed by atoms with Gasteiger partial charge < -0.3 is 4.74 Å². The fourth-order valence-electron chi connectivity index (χ4n) is 1.30. The van der Waals surface area contributed by atoms with E-state index in [0.29, 0.717) is 10.8 Å². The number of ketones is 1. The second-order valence-electron chi connectivity index (χ2n) is 3.12. The van der Waals surface area contributed by atoms with Crippen LogP contribution in [0.15, 0.2) is 42.2 Å². The molecule has 0 aromatic heterocycles. The van der Waals surface area contributed by atoms with Crippen molar-refractivity contribution < 1.29 is 9.53 Å². The van der Waals surface area contributed by atoms with Crippen LogP contribution in [0.1, 0.15) is 5.56 Å². The Hall–Kier alpha value is -2.05. The summed E-state index contributed by atoms with van der Waals surface area (Å²) in [5, 5.41) is 9.05. The van der Waals surface area contributed by atoms with E-state index in [1.807, 2.05) is 0 Å². The van der Waals surface area contributed by atoms with Gasteiger partial charge in [-0.1, -0.05) is 11.6 Å². The Bertz CT molecular complexity index is 535. The fourth-order valence-corrected chi connectivity index (χ4v) is 1.43. The van der Waals surface area contributed by atoms with Gasteiger partial charge in [-0.15, -0.1) is 0 Å². The molecular weight excluding hydrogens is 226 g/mol. The molecule has 0 fully saturated rings. The maximum atomic E-state index is 11.4. The van der Waals surface area contributed by atoms with Crippen molar-refractivity contribution >= 4 is 23.1 Å². The molecule has 0 bridgehead atoms. The van der Waals surface area contributed by atoms with Crippen molar-refractivity contribution in [3.63, 3.8) is 0 Å². The Kier molecular flexibility index (Phi) is 2.76. The van der Waals surface area contributed by atoms with E-state index in [1.165, 1.54) is 6.08 Å². The van der Waals surface area contributed by atoms with Gasteiger partial charge in [0.25, 0.3) is 0 Å². The van der Waals surface area contributed by atoms with Gasteiger partial charge in [-0.25, -0.2) is 0 Å². The summed E-state index contributed by atoms with van der Waals surface area (Å²) in [6.07, 6.45) is 2.44. The lowest BCUT2D eigenvalue weighted by Crippen LogP contribution is -1.92. The molecule has 0 radical (unpaired) electrons. The number of rotatable bonds is 1. The van der Waals surface area contributed by atoms with E-state index in [-0.39, 0.29) is 11.5 Å². The lowest BCUT2D eigenvalue weighted by molar-refractivity contribution is -0.112. The van der Waals surface area contributed by atoms with E-state index in [9.17, 15) is 4.79 Å². The Labute approximate surface area is 97.2 Å². The highest BCUT2D eigenvalue weighted by Crippen LogP contribution is 2.27. The van der Waals surface area contributed by atoms with Crippen LogP contribution in [0.5, 0.6) is 0 Å². The van der Waals surface area contributed by atoms with Crippen LogP contribution in [-0.4, -0.2) is 5.78 Å². The summed E-state index contributed by atoms with van der Waals surface area (Å²) in [6.45, 7) is 0. The first kappa shape index (κ1) is 10.5. The van der Waals surface area contributed by atoms with E-state index < -0.39 is 0 Å². The van der Waals surface area contributed by atoms with E-state index in [2.05, 4.69) is 0 Å². The predicted molar refractivity (Wildman–Crippen MR) is 59.2 cm³/mol. The van der Waals surface area contributed by atoms with Crippen molar-refractivity contribution in [2.45, 2.75) is 0 Å². The Morgan fingerprint density at radius 1 is 1.31 bits per heavy atom. The van der Waals surface area contributed by atoms with Crippen LogP contribution in [-0.2, 0) is 9.53 Å². The summed E-state index contributed by atoms with van der Waals surface area (Å²) in [5.41, 5.74) is 0.749. The van der Waals surface area contributed by atoms with Crippen LogP contribution in [0.25, 0.3) is 5.76 Å². The molecule has 1 aliphatic rings. The molecule has 3 nitrogen and oxygen atoms in total. The molecule has 1 heterocycles. The van der Waals surface area contributed by atoms with Gasteiger partial charge in [0.15, 0.2) is 5.76 Å². The van der Waals surface area contributed by atoms with Gasteiger partial charge in [-0.3, -0.25) is 4.79 Å². The monoisotopic (exact) mass is 231 g/mol. The summed E-state index contributed by atoms with van der Waals surface area (Å²) in [6, 6.07) is 8.66. The smallest absolute Gasteiger partial charge is 0.225 e. The van der Waals surface area contributed by atoms with Crippen LogP contribution in [0.4, 0.5) is 0 Å². The summed E-state index contributed by atoms with van der Waals surface area (Å²) in [5.74, 6) is 0.183. The molecule has 78 valence electrons. The topological polar surface area (TPSA) is 50.1 Å². The summed E-state index contributed by atoms with van der Waals surface area (Å²) in [4.78, 5) is 11.4. The zero-order valence-electron chi connectivity index (χ0n) is 8.11. The van der Waals surface area contributed by atoms with E-state index in [4.69, 9.17) is 21.6 Å². The number of benzene rings is 1. The number of halogens is 1. The molecule has 1 aromatic carbocycles. The molecule has 0 N–H and O–H groups in total. The first-order valence-electron chi connectivity index (χ1n) is 4.50. The van der Waals surface area contributed by atoms with Crippen LogP contribution in [0.2, 0.25) is 5.02 Å². The van der Waals surface area contributed by atoms with E-state index in [0.717, 1.165) is 11.6 Å². The predicted octanol–water partition coefficient (Wildman–Crippen LogP) is 2.69. The van der Waals surface area contributed by atoms with Crippen LogP contribution < -0.4 is 0 Å². The molecule has 0 spiro atoms. The highest BCUT2D eigenvalue weighted by Gasteiger charge is 2.21. The summed E-state index contributed by atoms with van der Waals surface area (Å²) >= 11 is 5.74. The van der Waals surface area contributed by atoms with Crippen molar-refractivity contribution in [3.8, 4) is 6.07 Å². The maximum Gasteiger partial charge on any atom is 0.225 e. The fraction of sp³-hybridized carbons (Fsp3) is 0. The van der Waals surface area contributed by atoms with Crippen molar-refractivity contribution in [3.05, 3.63) is 52.8 Å². The molecule has 1 aromatic rings. The highest BCUT2D eigenvalue weighted by atomic mass is 35.5. The third-order valence-corrected chi connectivity index (χ3v) is 2.30. The number of hydrogen-bond acceptors (Lipinski definition) is 3. The average molecular weight is 232 g/mol. The molecule has 0 amide bonds. The molecule has 0 saturated carbocycles. The zero-order valence-corrected chi connectivity index (χ0v) is 8.86. The molecule has 0 unspecified atom stereocenters. The standard InChI is InChI=1S/C12H6ClNO2/c13-9-3-1-8(2-4-9)12-7-10(15)11(16-12)5-6-14/h1-5,7H/b11-5+. The Morgan fingerprint density at radius 2 is 2.00 bits per heavy atom. The van der Waals surface area contributed by atoms with E-state index in [1.54, 1.807) is 30.3 Å². The molecular formula is C12H6ClNO2. The first-order valence-corrected chi connectivity index (χ1v) is 4.88. The average Bonchev–Trinajstić information content (AvgIpc) is 2.62. The second kappa shape index (κ2) is 4.21. The molecule has 4 heteroatoms. The number of nitriles is 1. The summed E-state index contributed by atoms with van der Waals surface area (Å²) < 4.78 is 5.25. The number of allylic oxidation sites excluding steroid dienone is 2. The van der Waals surface area contributed by atoms with Crippen molar-refractivity contribution in [1.82, 2.24) is 0 Å². The Balaban J connectivity index is 2.30. The normalized spacial score (nSPS) is 16.9. The van der Waals surface area contributed by atoms with Gasteiger partial charge in [0.05, 0.1) is 12.1 Å². The quantitative estimate of drug-likeness (QED) is 0.552. The van der Waals surface area contributed by atoms with Gasteiger partial charge in [0, 0.05) is 16.7 Å². The van der Waals surface area contributed by atoms with Gasteiger partial charge in [-0.05, 0) is 24.3 Å². The molecule has 0 saturated heterocycles. The molecule has 1 aliphatic heterocycles. The van der Waals surface area contributed by atoms with Crippen molar-refractivity contribution in [2.75, 3.05) is 0 Å². The molecule has 0 atom stereocenters. The van der Waals surface area contributed by atoms with Gasteiger partial charge >= 0.3 is 0 Å². The third-order valence-electron chi connectivity index (χ3n) is 2.05. The zero-order chi connectivity index (χ0) is 11.5. The minimum atomic E-state index is -0.300.